The summed E-state index contributed by atoms with van der Waals surface area (Å²) in [6.07, 6.45) is 3.87. The van der Waals surface area contributed by atoms with Gasteiger partial charge in [0.2, 0.25) is 0 Å². The fourth-order valence-electron chi connectivity index (χ4n) is 2.38. The van der Waals surface area contributed by atoms with Crippen LogP contribution in [-0.4, -0.2) is 48.6 Å². The van der Waals surface area contributed by atoms with Gasteiger partial charge in [0.15, 0.2) is 0 Å². The molecule has 0 aromatic carbocycles. The van der Waals surface area contributed by atoms with Crippen molar-refractivity contribution in [2.24, 2.45) is 0 Å². The first-order valence-corrected chi connectivity index (χ1v) is 6.79. The van der Waals surface area contributed by atoms with Crippen LogP contribution in [0.25, 0.3) is 0 Å². The summed E-state index contributed by atoms with van der Waals surface area (Å²) in [4.78, 5) is 18.4. The predicted octanol–water partition coefficient (Wildman–Crippen LogP) is 1.76. The van der Waals surface area contributed by atoms with Gasteiger partial charge in [-0.15, -0.1) is 0 Å². The predicted molar refractivity (Wildman–Crippen MR) is 74.3 cm³/mol. The molecule has 0 radical (unpaired) electrons. The zero-order valence-corrected chi connectivity index (χ0v) is 11.6. The van der Waals surface area contributed by atoms with Gasteiger partial charge in [-0.05, 0) is 31.9 Å². The molecule has 0 bridgehead atoms. The van der Waals surface area contributed by atoms with Gasteiger partial charge in [-0.25, -0.2) is 4.98 Å². The van der Waals surface area contributed by atoms with Gasteiger partial charge in [-0.3, -0.25) is 4.79 Å². The molecule has 1 aliphatic rings. The number of rotatable bonds is 4. The minimum atomic E-state index is 0.0586. The molecule has 1 aromatic heterocycles. The number of pyridine rings is 1. The van der Waals surface area contributed by atoms with E-state index < -0.39 is 0 Å². The van der Waals surface area contributed by atoms with Crippen molar-refractivity contribution in [2.75, 3.05) is 32.1 Å². The van der Waals surface area contributed by atoms with Crippen LogP contribution in [0.3, 0.4) is 0 Å². The third kappa shape index (κ3) is 3.44. The second kappa shape index (κ2) is 6.52. The third-order valence-corrected chi connectivity index (χ3v) is 3.33. The molecule has 1 atom stereocenters. The number of likely N-dealkylation sites (tertiary alicyclic amines) is 1. The Hall–Kier alpha value is -1.62. The highest BCUT2D eigenvalue weighted by molar-refractivity contribution is 5.94. The van der Waals surface area contributed by atoms with Gasteiger partial charge >= 0.3 is 0 Å². The first-order valence-electron chi connectivity index (χ1n) is 6.79. The quantitative estimate of drug-likeness (QED) is 0.899. The van der Waals surface area contributed by atoms with Gasteiger partial charge in [0.1, 0.15) is 5.82 Å². The average molecular weight is 263 g/mol. The Morgan fingerprint density at radius 1 is 1.63 bits per heavy atom. The zero-order chi connectivity index (χ0) is 13.7. The molecule has 0 aliphatic carbocycles. The summed E-state index contributed by atoms with van der Waals surface area (Å²) in [6, 6.07) is 3.54. The van der Waals surface area contributed by atoms with E-state index in [1.807, 2.05) is 11.8 Å². The minimum absolute atomic E-state index is 0.0586. The lowest BCUT2D eigenvalue weighted by atomic mass is 10.1. The summed E-state index contributed by atoms with van der Waals surface area (Å²) < 4.78 is 5.63. The van der Waals surface area contributed by atoms with Gasteiger partial charge in [0.05, 0.1) is 6.10 Å². The molecule has 0 saturated carbocycles. The maximum Gasteiger partial charge on any atom is 0.254 e. The van der Waals surface area contributed by atoms with Crippen LogP contribution in [0.5, 0.6) is 0 Å². The third-order valence-electron chi connectivity index (χ3n) is 3.33. The Morgan fingerprint density at radius 3 is 3.21 bits per heavy atom. The second-order valence-corrected chi connectivity index (χ2v) is 4.65. The van der Waals surface area contributed by atoms with E-state index in [1.165, 1.54) is 0 Å². The summed E-state index contributed by atoms with van der Waals surface area (Å²) in [7, 11) is 1.79. The zero-order valence-electron chi connectivity index (χ0n) is 11.6. The maximum absolute atomic E-state index is 12.4. The molecule has 1 fully saturated rings. The number of nitrogens with one attached hydrogen (secondary N) is 1. The molecule has 1 saturated heterocycles. The fourth-order valence-corrected chi connectivity index (χ4v) is 2.38. The van der Waals surface area contributed by atoms with E-state index in [4.69, 9.17) is 4.74 Å². The number of carbonyl (C=O) groups is 1. The molecule has 1 amide bonds. The molecule has 104 valence electrons. The molecule has 2 rings (SSSR count). The summed E-state index contributed by atoms with van der Waals surface area (Å²) in [6.45, 7) is 4.18. The number of aromatic nitrogens is 1. The minimum Gasteiger partial charge on any atom is -0.377 e. The van der Waals surface area contributed by atoms with Crippen LogP contribution in [0.2, 0.25) is 0 Å². The monoisotopic (exact) mass is 263 g/mol. The number of ether oxygens (including phenoxy) is 1. The molecular weight excluding hydrogens is 242 g/mol. The summed E-state index contributed by atoms with van der Waals surface area (Å²) in [5, 5.41) is 2.95. The number of hydrogen-bond acceptors (Lipinski definition) is 4. The Bertz CT molecular complexity index is 434. The molecule has 1 unspecified atom stereocenters. The van der Waals surface area contributed by atoms with Gasteiger partial charge in [0.25, 0.3) is 5.91 Å². The Balaban J connectivity index is 2.05. The standard InChI is InChI=1S/C14H21N3O2/c1-3-19-12-5-4-8-17(10-12)14(18)11-6-7-16-13(9-11)15-2/h6-7,9,12H,3-5,8,10H2,1-2H3,(H,15,16). The molecular formula is C14H21N3O2. The highest BCUT2D eigenvalue weighted by atomic mass is 16.5. The van der Waals surface area contributed by atoms with Crippen LogP contribution in [0, 0.1) is 0 Å². The van der Waals surface area contributed by atoms with Crippen molar-refractivity contribution in [3.05, 3.63) is 23.9 Å². The van der Waals surface area contributed by atoms with E-state index in [0.717, 1.165) is 19.4 Å². The molecule has 0 spiro atoms. The number of piperidine rings is 1. The topological polar surface area (TPSA) is 54.5 Å². The normalized spacial score (nSPS) is 19.3. The van der Waals surface area contributed by atoms with E-state index in [-0.39, 0.29) is 12.0 Å². The Kier molecular flexibility index (Phi) is 4.74. The van der Waals surface area contributed by atoms with E-state index in [1.54, 1.807) is 25.4 Å². The first kappa shape index (κ1) is 13.8. The number of carbonyl (C=O) groups excluding carboxylic acids is 1. The van der Waals surface area contributed by atoms with E-state index in [0.29, 0.717) is 24.5 Å². The van der Waals surface area contributed by atoms with E-state index >= 15 is 0 Å². The molecule has 5 heteroatoms. The van der Waals surface area contributed by atoms with Gasteiger partial charge in [-0.2, -0.15) is 0 Å². The van der Waals surface area contributed by atoms with Crippen LogP contribution >= 0.6 is 0 Å². The van der Waals surface area contributed by atoms with Gasteiger partial charge in [0, 0.05) is 38.5 Å². The molecule has 5 nitrogen and oxygen atoms in total. The van der Waals surface area contributed by atoms with Crippen LogP contribution in [0.15, 0.2) is 18.3 Å². The molecule has 1 aliphatic heterocycles. The van der Waals surface area contributed by atoms with Crippen LogP contribution in [0.1, 0.15) is 30.1 Å². The van der Waals surface area contributed by atoms with Gasteiger partial charge < -0.3 is 15.0 Å². The van der Waals surface area contributed by atoms with Crippen molar-refractivity contribution in [2.45, 2.75) is 25.9 Å². The lowest BCUT2D eigenvalue weighted by Crippen LogP contribution is -2.43. The van der Waals surface area contributed by atoms with E-state index in [9.17, 15) is 4.79 Å². The highest BCUT2D eigenvalue weighted by Gasteiger charge is 2.24. The fraction of sp³-hybridized carbons (Fsp3) is 0.571. The SMILES string of the molecule is CCOC1CCCN(C(=O)c2ccnc(NC)c2)C1. The molecule has 1 N–H and O–H groups in total. The van der Waals surface area contributed by atoms with Crippen LogP contribution < -0.4 is 5.32 Å². The highest BCUT2D eigenvalue weighted by Crippen LogP contribution is 2.17. The van der Waals surface area contributed by atoms with Crippen molar-refractivity contribution in [3.8, 4) is 0 Å². The summed E-state index contributed by atoms with van der Waals surface area (Å²) in [5.41, 5.74) is 0.677. The lowest BCUT2D eigenvalue weighted by molar-refractivity contribution is 0.00724. The Labute approximate surface area is 114 Å². The van der Waals surface area contributed by atoms with Crippen molar-refractivity contribution in [3.63, 3.8) is 0 Å². The number of nitrogens with zero attached hydrogens (tertiary/aromatic N) is 2. The van der Waals surface area contributed by atoms with Crippen LogP contribution in [-0.2, 0) is 4.74 Å². The van der Waals surface area contributed by atoms with Crippen molar-refractivity contribution >= 4 is 11.7 Å². The number of anilines is 1. The van der Waals surface area contributed by atoms with Crippen LogP contribution in [0.4, 0.5) is 5.82 Å². The number of amides is 1. The molecule has 1 aromatic rings. The van der Waals surface area contributed by atoms with Crippen molar-refractivity contribution in [1.82, 2.24) is 9.88 Å². The molecule has 2 heterocycles. The number of hydrogen-bond donors (Lipinski definition) is 1. The first-order chi connectivity index (χ1) is 9.24. The Morgan fingerprint density at radius 2 is 2.47 bits per heavy atom. The summed E-state index contributed by atoms with van der Waals surface area (Å²) >= 11 is 0. The average Bonchev–Trinajstić information content (AvgIpc) is 2.47. The van der Waals surface area contributed by atoms with Crippen molar-refractivity contribution < 1.29 is 9.53 Å². The second-order valence-electron chi connectivity index (χ2n) is 4.65. The lowest BCUT2D eigenvalue weighted by Gasteiger charge is -2.32. The summed E-state index contributed by atoms with van der Waals surface area (Å²) in [5.74, 6) is 0.771. The smallest absolute Gasteiger partial charge is 0.254 e. The largest absolute Gasteiger partial charge is 0.377 e. The molecule has 19 heavy (non-hydrogen) atoms. The van der Waals surface area contributed by atoms with Crippen molar-refractivity contribution in [1.29, 1.82) is 0 Å². The van der Waals surface area contributed by atoms with Gasteiger partial charge in [-0.1, -0.05) is 0 Å². The maximum atomic E-state index is 12.4. The van der Waals surface area contributed by atoms with E-state index in [2.05, 4.69) is 10.3 Å².